The molecule has 182 valence electrons. The molecule has 0 unspecified atom stereocenters. The number of sulfonamides is 1. The monoisotopic (exact) mass is 490 g/mol. The van der Waals surface area contributed by atoms with E-state index >= 15 is 0 Å². The molecule has 0 bridgehead atoms. The molecule has 1 aromatic heterocycles. The number of para-hydroxylation sites is 1. The number of rotatable bonds is 2. The summed E-state index contributed by atoms with van der Waals surface area (Å²) in [7, 11) is -1.86. The minimum Gasteiger partial charge on any atom is -0.492 e. The van der Waals surface area contributed by atoms with E-state index in [0.29, 0.717) is 18.9 Å². The van der Waals surface area contributed by atoms with E-state index in [2.05, 4.69) is 4.90 Å². The zero-order valence-corrected chi connectivity index (χ0v) is 18.7. The van der Waals surface area contributed by atoms with Gasteiger partial charge in [0.05, 0.1) is 19.4 Å². The number of halogens is 3. The van der Waals surface area contributed by atoms with Gasteiger partial charge >= 0.3 is 12.1 Å². The third kappa shape index (κ3) is 6.06. The first-order valence-electron chi connectivity index (χ1n) is 10.2. The zero-order chi connectivity index (χ0) is 24.3. The number of nitrogens with zero attached hydrogens (tertiary/aromatic N) is 2. The lowest BCUT2D eigenvalue weighted by atomic mass is 9.79. The first kappa shape index (κ1) is 25.1. The second-order valence-corrected chi connectivity index (χ2v) is 10.2. The Balaban J connectivity index is 0.000000383. The van der Waals surface area contributed by atoms with Gasteiger partial charge in [-0.25, -0.2) is 17.5 Å². The lowest BCUT2D eigenvalue weighted by molar-refractivity contribution is -0.192. The predicted octanol–water partition coefficient (Wildman–Crippen LogP) is 3.21. The van der Waals surface area contributed by atoms with Gasteiger partial charge in [0.25, 0.3) is 0 Å². The van der Waals surface area contributed by atoms with Crippen LogP contribution < -0.4 is 4.74 Å². The summed E-state index contributed by atoms with van der Waals surface area (Å²) in [4.78, 5) is 11.5. The van der Waals surface area contributed by atoms with Gasteiger partial charge in [-0.3, -0.25) is 4.90 Å². The quantitative estimate of drug-likeness (QED) is 0.690. The summed E-state index contributed by atoms with van der Waals surface area (Å²) in [6, 6.07) is 10.8. The van der Waals surface area contributed by atoms with Crippen molar-refractivity contribution in [3.8, 4) is 5.75 Å². The summed E-state index contributed by atoms with van der Waals surface area (Å²) < 4.78 is 70.5. The fraction of sp³-hybridized carbons (Fsp3) is 0.476. The van der Waals surface area contributed by atoms with Gasteiger partial charge in [0, 0.05) is 19.0 Å². The number of ether oxygens (including phenoxy) is 1. The Kier molecular flexibility index (Phi) is 7.39. The third-order valence-electron chi connectivity index (χ3n) is 5.75. The summed E-state index contributed by atoms with van der Waals surface area (Å²) in [6.07, 6.45) is -1.59. The Morgan fingerprint density at radius 3 is 2.36 bits per heavy atom. The fourth-order valence-electron chi connectivity index (χ4n) is 3.90. The second kappa shape index (κ2) is 9.74. The van der Waals surface area contributed by atoms with Crippen molar-refractivity contribution in [3.05, 3.63) is 48.4 Å². The molecule has 1 saturated heterocycles. The van der Waals surface area contributed by atoms with Gasteiger partial charge in [-0.15, -0.1) is 0 Å². The molecule has 0 aliphatic carbocycles. The SMILES string of the molecule is CN1CC2(CCN(Cc3ccco3)CC2)COc2ccccc2S1(=O)=O.O=C(O)C(F)(F)F. The lowest BCUT2D eigenvalue weighted by Gasteiger charge is -2.44. The highest BCUT2D eigenvalue weighted by Gasteiger charge is 2.41. The molecule has 0 radical (unpaired) electrons. The number of hydrogen-bond acceptors (Lipinski definition) is 6. The third-order valence-corrected chi connectivity index (χ3v) is 7.59. The molecule has 3 heterocycles. The number of hydrogen-bond donors (Lipinski definition) is 1. The molecule has 0 saturated carbocycles. The summed E-state index contributed by atoms with van der Waals surface area (Å²) in [5.41, 5.74) is -0.158. The average molecular weight is 491 g/mol. The largest absolute Gasteiger partial charge is 0.492 e. The molecule has 0 amide bonds. The number of benzene rings is 1. The number of aliphatic carboxylic acids is 1. The van der Waals surface area contributed by atoms with E-state index in [4.69, 9.17) is 19.1 Å². The maximum absolute atomic E-state index is 12.9. The Hall–Kier alpha value is -2.57. The van der Waals surface area contributed by atoms with Crippen molar-refractivity contribution in [2.24, 2.45) is 5.41 Å². The number of fused-ring (bicyclic) bond motifs is 1. The number of piperidine rings is 1. The van der Waals surface area contributed by atoms with Crippen molar-refractivity contribution in [1.82, 2.24) is 9.21 Å². The molecule has 8 nitrogen and oxygen atoms in total. The Labute approximate surface area is 189 Å². The van der Waals surface area contributed by atoms with Crippen LogP contribution in [-0.2, 0) is 21.4 Å². The van der Waals surface area contributed by atoms with Crippen LogP contribution in [-0.4, -0.2) is 68.2 Å². The minimum absolute atomic E-state index is 0.158. The van der Waals surface area contributed by atoms with Crippen molar-refractivity contribution in [2.75, 3.05) is 33.3 Å². The molecule has 2 aliphatic heterocycles. The smallest absolute Gasteiger partial charge is 0.490 e. The number of carboxylic acid groups (broad SMARTS) is 1. The molecule has 2 aliphatic rings. The number of furan rings is 1. The van der Waals surface area contributed by atoms with Gasteiger partial charge in [0.15, 0.2) is 0 Å². The Morgan fingerprint density at radius 1 is 1.15 bits per heavy atom. The van der Waals surface area contributed by atoms with Crippen LogP contribution in [0.5, 0.6) is 5.75 Å². The first-order chi connectivity index (χ1) is 15.4. The molecule has 0 atom stereocenters. The van der Waals surface area contributed by atoms with Crippen molar-refractivity contribution < 1.29 is 40.6 Å². The van der Waals surface area contributed by atoms with E-state index in [1.165, 1.54) is 4.31 Å². The number of alkyl halides is 3. The maximum Gasteiger partial charge on any atom is 0.490 e. The molecule has 1 N–H and O–H groups in total. The van der Waals surface area contributed by atoms with Gasteiger partial charge in [-0.1, -0.05) is 12.1 Å². The highest BCUT2D eigenvalue weighted by Crippen LogP contribution is 2.38. The van der Waals surface area contributed by atoms with Crippen molar-refractivity contribution in [2.45, 2.75) is 30.5 Å². The summed E-state index contributed by atoms with van der Waals surface area (Å²) >= 11 is 0. The van der Waals surface area contributed by atoms with Crippen molar-refractivity contribution in [1.29, 1.82) is 0 Å². The first-order valence-corrected chi connectivity index (χ1v) is 11.6. The van der Waals surface area contributed by atoms with Crippen molar-refractivity contribution in [3.63, 3.8) is 0 Å². The topological polar surface area (TPSA) is 100 Å². The molecular formula is C21H25F3N2O6S. The van der Waals surface area contributed by atoms with E-state index in [9.17, 15) is 21.6 Å². The van der Waals surface area contributed by atoms with Crippen LogP contribution in [0, 0.1) is 5.41 Å². The molecular weight excluding hydrogens is 465 g/mol. The molecule has 2 aromatic rings. The van der Waals surface area contributed by atoms with Gasteiger partial charge in [-0.05, 0) is 50.2 Å². The molecule has 12 heteroatoms. The minimum atomic E-state index is -5.08. The lowest BCUT2D eigenvalue weighted by Crippen LogP contribution is -2.50. The number of carboxylic acids is 1. The standard InChI is InChI=1S/C19H24N2O4S.C2HF3O2/c1-20-14-19(8-10-21(11-9-19)13-16-5-4-12-24-16)15-25-17-6-2-3-7-18(17)26(20,22)23;3-2(4,5)1(6)7/h2-7,12H,8-11,13-15H2,1H3;(H,6,7). The highest BCUT2D eigenvalue weighted by atomic mass is 32.2. The van der Waals surface area contributed by atoms with E-state index < -0.39 is 22.2 Å². The molecule has 33 heavy (non-hydrogen) atoms. The molecule has 1 fully saturated rings. The fourth-order valence-corrected chi connectivity index (χ4v) is 5.31. The zero-order valence-electron chi connectivity index (χ0n) is 17.9. The van der Waals surface area contributed by atoms with Crippen LogP contribution in [0.15, 0.2) is 52.0 Å². The van der Waals surface area contributed by atoms with Gasteiger partial charge in [0.2, 0.25) is 10.0 Å². The van der Waals surface area contributed by atoms with Crippen LogP contribution in [0.1, 0.15) is 18.6 Å². The summed E-state index contributed by atoms with van der Waals surface area (Å²) in [6.45, 7) is 3.62. The highest BCUT2D eigenvalue weighted by molar-refractivity contribution is 7.89. The normalized spacial score (nSPS) is 20.5. The van der Waals surface area contributed by atoms with Crippen LogP contribution in [0.2, 0.25) is 0 Å². The van der Waals surface area contributed by atoms with E-state index in [1.807, 2.05) is 18.2 Å². The van der Waals surface area contributed by atoms with Crippen LogP contribution >= 0.6 is 0 Å². The summed E-state index contributed by atoms with van der Waals surface area (Å²) in [5.74, 6) is -1.34. The number of likely N-dealkylation sites (tertiary alicyclic amines) is 1. The molecule has 1 spiro atoms. The Bertz CT molecular complexity index is 1050. The predicted molar refractivity (Wildman–Crippen MR) is 111 cm³/mol. The molecule has 4 rings (SSSR count). The van der Waals surface area contributed by atoms with Gasteiger partial charge in [0.1, 0.15) is 16.4 Å². The number of carbonyl (C=O) groups is 1. The van der Waals surface area contributed by atoms with Crippen molar-refractivity contribution >= 4 is 16.0 Å². The maximum atomic E-state index is 12.9. The van der Waals surface area contributed by atoms with Crippen LogP contribution in [0.3, 0.4) is 0 Å². The van der Waals surface area contributed by atoms with E-state index in [1.54, 1.807) is 31.5 Å². The van der Waals surface area contributed by atoms with Gasteiger partial charge < -0.3 is 14.3 Å². The van der Waals surface area contributed by atoms with Crippen LogP contribution in [0.4, 0.5) is 13.2 Å². The van der Waals surface area contributed by atoms with Gasteiger partial charge in [-0.2, -0.15) is 13.2 Å². The second-order valence-electron chi connectivity index (χ2n) is 8.15. The average Bonchev–Trinajstić information content (AvgIpc) is 3.26. The summed E-state index contributed by atoms with van der Waals surface area (Å²) in [5, 5.41) is 7.12. The van der Waals surface area contributed by atoms with E-state index in [-0.39, 0.29) is 10.3 Å². The van der Waals surface area contributed by atoms with E-state index in [0.717, 1.165) is 38.2 Å². The molecule has 1 aromatic carbocycles. The Morgan fingerprint density at radius 2 is 1.79 bits per heavy atom. The van der Waals surface area contributed by atoms with Crippen LogP contribution in [0.25, 0.3) is 0 Å².